The van der Waals surface area contributed by atoms with Crippen LogP contribution in [0.5, 0.6) is 0 Å². The number of carbonyl (C=O) groups excluding carboxylic acids is 2. The molecule has 3 amide bonds. The highest BCUT2D eigenvalue weighted by molar-refractivity contribution is 5.94. The Kier molecular flexibility index (Phi) is 6.09. The van der Waals surface area contributed by atoms with E-state index in [9.17, 15) is 22.8 Å². The summed E-state index contributed by atoms with van der Waals surface area (Å²) in [4.78, 5) is 26.2. The van der Waals surface area contributed by atoms with Crippen LogP contribution in [0.3, 0.4) is 0 Å². The van der Waals surface area contributed by atoms with Crippen molar-refractivity contribution in [2.45, 2.75) is 25.8 Å². The van der Waals surface area contributed by atoms with Gasteiger partial charge in [0.25, 0.3) is 5.91 Å². The highest BCUT2D eigenvalue weighted by Gasteiger charge is 2.30. The zero-order chi connectivity index (χ0) is 23.6. The minimum atomic E-state index is -4.43. The molecule has 5 nitrogen and oxygen atoms in total. The third-order valence-electron chi connectivity index (χ3n) is 5.65. The third-order valence-corrected chi connectivity index (χ3v) is 5.65. The van der Waals surface area contributed by atoms with Crippen LogP contribution in [0.1, 0.15) is 32.6 Å². The minimum Gasteiger partial charge on any atom is -0.348 e. The Morgan fingerprint density at radius 3 is 2.39 bits per heavy atom. The molecule has 1 aliphatic heterocycles. The Labute approximate surface area is 189 Å². The Morgan fingerprint density at radius 2 is 1.70 bits per heavy atom. The summed E-state index contributed by atoms with van der Waals surface area (Å²) in [5, 5.41) is 5.30. The maximum Gasteiger partial charge on any atom is 0.416 e. The van der Waals surface area contributed by atoms with Crippen LogP contribution in [0.25, 0.3) is 11.1 Å². The molecule has 3 aromatic rings. The maximum absolute atomic E-state index is 12.9. The normalized spacial score (nSPS) is 12.9. The first-order valence-electron chi connectivity index (χ1n) is 10.4. The number of benzene rings is 3. The van der Waals surface area contributed by atoms with Crippen LogP contribution < -0.4 is 10.6 Å². The first kappa shape index (κ1) is 22.4. The Bertz CT molecular complexity index is 1190. The van der Waals surface area contributed by atoms with Gasteiger partial charge in [0.2, 0.25) is 0 Å². The number of urea groups is 1. The van der Waals surface area contributed by atoms with Gasteiger partial charge in [-0.1, -0.05) is 42.5 Å². The molecule has 0 fully saturated rings. The zero-order valence-corrected chi connectivity index (χ0v) is 17.9. The summed E-state index contributed by atoms with van der Waals surface area (Å²) in [5.74, 6) is -0.372. The predicted molar refractivity (Wildman–Crippen MR) is 118 cm³/mol. The average molecular weight is 453 g/mol. The Hall–Kier alpha value is -3.81. The van der Waals surface area contributed by atoms with Crippen LogP contribution in [-0.2, 0) is 25.8 Å². The molecule has 1 heterocycles. The first-order chi connectivity index (χ1) is 15.8. The van der Waals surface area contributed by atoms with E-state index in [1.807, 2.05) is 30.3 Å². The molecular weight excluding hydrogens is 431 g/mol. The maximum atomic E-state index is 12.9. The van der Waals surface area contributed by atoms with Crippen LogP contribution in [0.4, 0.5) is 18.0 Å². The van der Waals surface area contributed by atoms with Gasteiger partial charge >= 0.3 is 12.2 Å². The minimum absolute atomic E-state index is 0.00791. The van der Waals surface area contributed by atoms with Gasteiger partial charge in [-0.3, -0.25) is 4.79 Å². The SMILES string of the molecule is CNC(=O)N1Cc2cccc(-c3ccc(C(=O)NCc4cccc(C(F)(F)F)c4)cc3)c2C1. The quantitative estimate of drug-likeness (QED) is 0.587. The van der Waals surface area contributed by atoms with Crippen LogP contribution in [0, 0.1) is 0 Å². The van der Waals surface area contributed by atoms with E-state index in [-0.39, 0.29) is 18.5 Å². The standard InChI is InChI=1S/C25H22F3N3O2/c1-29-24(33)31-14-19-5-3-7-21(22(19)15-31)17-8-10-18(11-9-17)23(32)30-13-16-4-2-6-20(12-16)25(26,27)28/h2-12H,13-15H2,1H3,(H,29,33)(H,30,32). The third kappa shape index (κ3) is 4.84. The fraction of sp³-hybridized carbons (Fsp3) is 0.200. The summed E-state index contributed by atoms with van der Waals surface area (Å²) < 4.78 is 38.6. The molecule has 3 aromatic carbocycles. The fourth-order valence-corrected chi connectivity index (χ4v) is 3.94. The number of hydrogen-bond donors (Lipinski definition) is 2. The number of nitrogens with zero attached hydrogens (tertiary/aromatic N) is 1. The van der Waals surface area contributed by atoms with Crippen molar-refractivity contribution < 1.29 is 22.8 Å². The lowest BCUT2D eigenvalue weighted by Crippen LogP contribution is -2.33. The van der Waals surface area contributed by atoms with E-state index in [0.717, 1.165) is 34.4 Å². The molecule has 0 radical (unpaired) electrons. The van der Waals surface area contributed by atoms with Gasteiger partial charge < -0.3 is 15.5 Å². The lowest BCUT2D eigenvalue weighted by atomic mass is 9.96. The van der Waals surface area contributed by atoms with Crippen molar-refractivity contribution in [3.05, 3.63) is 94.5 Å². The van der Waals surface area contributed by atoms with Gasteiger partial charge in [-0.05, 0) is 52.1 Å². The lowest BCUT2D eigenvalue weighted by molar-refractivity contribution is -0.137. The number of fused-ring (bicyclic) bond motifs is 1. The van der Waals surface area contributed by atoms with Gasteiger partial charge in [0, 0.05) is 32.2 Å². The second-order valence-electron chi connectivity index (χ2n) is 7.81. The van der Waals surface area contributed by atoms with Crippen molar-refractivity contribution in [3.63, 3.8) is 0 Å². The summed E-state index contributed by atoms with van der Waals surface area (Å²) in [7, 11) is 1.60. The molecule has 0 unspecified atom stereocenters. The van der Waals surface area contributed by atoms with Crippen molar-refractivity contribution in [2.75, 3.05) is 7.05 Å². The molecule has 1 aliphatic rings. The van der Waals surface area contributed by atoms with Gasteiger partial charge in [0.1, 0.15) is 0 Å². The van der Waals surface area contributed by atoms with Crippen molar-refractivity contribution in [1.29, 1.82) is 0 Å². The molecule has 8 heteroatoms. The molecule has 2 N–H and O–H groups in total. The van der Waals surface area contributed by atoms with Crippen molar-refractivity contribution >= 4 is 11.9 Å². The van der Waals surface area contributed by atoms with E-state index in [2.05, 4.69) is 10.6 Å². The second kappa shape index (κ2) is 8.97. The smallest absolute Gasteiger partial charge is 0.348 e. The molecule has 33 heavy (non-hydrogen) atoms. The molecule has 0 aliphatic carbocycles. The van der Waals surface area contributed by atoms with Gasteiger partial charge in [-0.2, -0.15) is 13.2 Å². The fourth-order valence-electron chi connectivity index (χ4n) is 3.94. The summed E-state index contributed by atoms with van der Waals surface area (Å²) in [6, 6.07) is 17.7. The van der Waals surface area contributed by atoms with E-state index in [4.69, 9.17) is 0 Å². The number of rotatable bonds is 4. The molecule has 0 atom stereocenters. The first-order valence-corrected chi connectivity index (χ1v) is 10.4. The van der Waals surface area contributed by atoms with E-state index in [1.54, 1.807) is 24.1 Å². The summed E-state index contributed by atoms with van der Waals surface area (Å²) in [6.45, 7) is 1.04. The zero-order valence-electron chi connectivity index (χ0n) is 17.9. The highest BCUT2D eigenvalue weighted by Crippen LogP contribution is 2.33. The van der Waals surface area contributed by atoms with Gasteiger partial charge in [-0.25, -0.2) is 4.79 Å². The number of hydrogen-bond acceptors (Lipinski definition) is 2. The summed E-state index contributed by atoms with van der Waals surface area (Å²) >= 11 is 0. The largest absolute Gasteiger partial charge is 0.416 e. The molecule has 0 aromatic heterocycles. The molecule has 0 spiro atoms. The van der Waals surface area contributed by atoms with Crippen LogP contribution in [0.15, 0.2) is 66.7 Å². The van der Waals surface area contributed by atoms with Gasteiger partial charge in [-0.15, -0.1) is 0 Å². The molecule has 4 rings (SSSR count). The monoisotopic (exact) mass is 453 g/mol. The highest BCUT2D eigenvalue weighted by atomic mass is 19.4. The van der Waals surface area contributed by atoms with Crippen molar-refractivity contribution in [1.82, 2.24) is 15.5 Å². The van der Waals surface area contributed by atoms with E-state index >= 15 is 0 Å². The van der Waals surface area contributed by atoms with Crippen LogP contribution in [0.2, 0.25) is 0 Å². The topological polar surface area (TPSA) is 61.4 Å². The Balaban J connectivity index is 1.45. The second-order valence-corrected chi connectivity index (χ2v) is 7.81. The van der Waals surface area contributed by atoms with Crippen molar-refractivity contribution in [3.8, 4) is 11.1 Å². The number of alkyl halides is 3. The number of nitrogens with one attached hydrogen (secondary N) is 2. The van der Waals surface area contributed by atoms with Crippen molar-refractivity contribution in [2.24, 2.45) is 0 Å². The summed E-state index contributed by atoms with van der Waals surface area (Å²) in [6.07, 6.45) is -4.43. The average Bonchev–Trinajstić information content (AvgIpc) is 3.26. The molecule has 0 bridgehead atoms. The van der Waals surface area contributed by atoms with E-state index in [1.165, 1.54) is 12.1 Å². The summed E-state index contributed by atoms with van der Waals surface area (Å²) in [5.41, 5.74) is 4.10. The van der Waals surface area contributed by atoms with E-state index < -0.39 is 11.7 Å². The molecular formula is C25H22F3N3O2. The number of amides is 3. The number of carbonyl (C=O) groups is 2. The lowest BCUT2D eigenvalue weighted by Gasteiger charge is -2.14. The predicted octanol–water partition coefficient (Wildman–Crippen LogP) is 4.96. The van der Waals surface area contributed by atoms with Gasteiger partial charge in [0.15, 0.2) is 0 Å². The van der Waals surface area contributed by atoms with Crippen LogP contribution >= 0.6 is 0 Å². The van der Waals surface area contributed by atoms with Gasteiger partial charge in [0.05, 0.1) is 5.56 Å². The Morgan fingerprint density at radius 1 is 0.970 bits per heavy atom. The van der Waals surface area contributed by atoms with Crippen LogP contribution in [-0.4, -0.2) is 23.9 Å². The molecule has 0 saturated carbocycles. The molecule has 170 valence electrons. The van der Waals surface area contributed by atoms with E-state index in [0.29, 0.717) is 24.2 Å². The number of halogens is 3. The molecule has 0 saturated heterocycles.